The summed E-state index contributed by atoms with van der Waals surface area (Å²) in [5.41, 5.74) is 2.62. The molecule has 3 rings (SSSR count). The van der Waals surface area contributed by atoms with Crippen molar-refractivity contribution in [1.29, 1.82) is 0 Å². The van der Waals surface area contributed by atoms with E-state index in [2.05, 4.69) is 20.9 Å². The number of carbonyl (C=O) groups excluding carboxylic acids is 1. The lowest BCUT2D eigenvalue weighted by atomic mass is 10.1. The van der Waals surface area contributed by atoms with Crippen LogP contribution in [0.1, 0.15) is 36.5 Å². The topological polar surface area (TPSA) is 74.8 Å². The Morgan fingerprint density at radius 3 is 2.50 bits per heavy atom. The Labute approximate surface area is 206 Å². The molecule has 0 atom stereocenters. The standard InChI is InChI=1S/C24H31FN4O2.HI/c1-3-26-24(28-15-19-5-4-17(2)22(25)14-19)27-13-12-18-6-10-21(11-7-18)31-16-23(30)29-20-8-9-20;/h4-7,10-11,14,20H,3,8-9,12-13,15-16H2,1-2H3,(H,29,30)(H2,26,27,28);1H. The number of nitrogens with one attached hydrogen (secondary N) is 3. The van der Waals surface area contributed by atoms with Gasteiger partial charge in [-0.2, -0.15) is 0 Å². The molecule has 0 bridgehead atoms. The highest BCUT2D eigenvalue weighted by atomic mass is 127. The van der Waals surface area contributed by atoms with Crippen LogP contribution < -0.4 is 20.7 Å². The SMILES string of the molecule is CCNC(=NCc1ccc(C)c(F)c1)NCCc1ccc(OCC(=O)NC2CC2)cc1.I. The molecule has 2 aromatic carbocycles. The third-order valence-corrected chi connectivity index (χ3v) is 4.94. The zero-order valence-corrected chi connectivity index (χ0v) is 20.9. The molecule has 0 radical (unpaired) electrons. The molecule has 1 saturated carbocycles. The van der Waals surface area contributed by atoms with Crippen molar-refractivity contribution >= 4 is 35.8 Å². The number of halogens is 2. The van der Waals surface area contributed by atoms with Gasteiger partial charge in [-0.15, -0.1) is 24.0 Å². The van der Waals surface area contributed by atoms with Crippen LogP contribution in [0.4, 0.5) is 4.39 Å². The van der Waals surface area contributed by atoms with Gasteiger partial charge < -0.3 is 20.7 Å². The second-order valence-corrected chi connectivity index (χ2v) is 7.73. The number of rotatable bonds is 10. The summed E-state index contributed by atoms with van der Waals surface area (Å²) in [6.07, 6.45) is 2.95. The molecule has 8 heteroatoms. The molecule has 0 saturated heterocycles. The Morgan fingerprint density at radius 1 is 1.12 bits per heavy atom. The highest BCUT2D eigenvalue weighted by Gasteiger charge is 2.23. The number of aliphatic imine (C=N–C) groups is 1. The average Bonchev–Trinajstić information content (AvgIpc) is 3.58. The summed E-state index contributed by atoms with van der Waals surface area (Å²) >= 11 is 0. The normalized spacial score (nSPS) is 13.2. The largest absolute Gasteiger partial charge is 0.484 e. The first-order valence-corrected chi connectivity index (χ1v) is 10.8. The van der Waals surface area contributed by atoms with Crippen molar-refractivity contribution < 1.29 is 13.9 Å². The number of benzene rings is 2. The molecule has 1 aliphatic rings. The van der Waals surface area contributed by atoms with Gasteiger partial charge in [-0.05, 0) is 68.0 Å². The quantitative estimate of drug-likeness (QED) is 0.238. The number of carbonyl (C=O) groups is 1. The second kappa shape index (κ2) is 13.2. The first-order valence-electron chi connectivity index (χ1n) is 10.8. The van der Waals surface area contributed by atoms with Crippen LogP contribution in [0.25, 0.3) is 0 Å². The third kappa shape index (κ3) is 9.02. The van der Waals surface area contributed by atoms with Gasteiger partial charge in [0.2, 0.25) is 0 Å². The Kier molecular flexibility index (Phi) is 10.7. The number of nitrogens with zero attached hydrogens (tertiary/aromatic N) is 1. The zero-order chi connectivity index (χ0) is 22.1. The van der Waals surface area contributed by atoms with E-state index in [-0.39, 0.29) is 42.3 Å². The van der Waals surface area contributed by atoms with E-state index < -0.39 is 0 Å². The lowest BCUT2D eigenvalue weighted by Gasteiger charge is -2.12. The van der Waals surface area contributed by atoms with Gasteiger partial charge in [0, 0.05) is 19.1 Å². The van der Waals surface area contributed by atoms with E-state index in [1.54, 1.807) is 13.0 Å². The van der Waals surface area contributed by atoms with Crippen LogP contribution in [0, 0.1) is 12.7 Å². The smallest absolute Gasteiger partial charge is 0.258 e. The lowest BCUT2D eigenvalue weighted by Crippen LogP contribution is -2.38. The Bertz CT molecular complexity index is 901. The molecule has 2 aromatic rings. The molecule has 0 aromatic heterocycles. The van der Waals surface area contributed by atoms with Crippen molar-refractivity contribution in [1.82, 2.24) is 16.0 Å². The number of ether oxygens (including phenoxy) is 1. The summed E-state index contributed by atoms with van der Waals surface area (Å²) in [6, 6.07) is 13.3. The fourth-order valence-electron chi connectivity index (χ4n) is 2.97. The molecule has 3 N–H and O–H groups in total. The molecule has 1 amide bonds. The van der Waals surface area contributed by atoms with E-state index in [9.17, 15) is 9.18 Å². The molecule has 1 fully saturated rings. The predicted molar refractivity (Wildman–Crippen MR) is 136 cm³/mol. The number of guanidine groups is 1. The molecule has 1 aliphatic carbocycles. The van der Waals surface area contributed by atoms with Gasteiger partial charge in [0.15, 0.2) is 12.6 Å². The van der Waals surface area contributed by atoms with E-state index in [4.69, 9.17) is 4.74 Å². The first kappa shape index (κ1) is 25.9. The van der Waals surface area contributed by atoms with Gasteiger partial charge in [-0.3, -0.25) is 4.79 Å². The minimum atomic E-state index is -0.207. The summed E-state index contributed by atoms with van der Waals surface area (Å²) in [5.74, 6) is 1.11. The monoisotopic (exact) mass is 554 g/mol. The molecule has 174 valence electrons. The van der Waals surface area contributed by atoms with Gasteiger partial charge in [-0.1, -0.05) is 24.3 Å². The van der Waals surface area contributed by atoms with Crippen LogP contribution in [-0.2, 0) is 17.8 Å². The number of hydrogen-bond donors (Lipinski definition) is 3. The van der Waals surface area contributed by atoms with E-state index in [1.165, 1.54) is 6.07 Å². The van der Waals surface area contributed by atoms with Crippen molar-refractivity contribution in [3.63, 3.8) is 0 Å². The number of aryl methyl sites for hydroxylation is 1. The molecule has 0 aliphatic heterocycles. The molecular formula is C24H32FIN4O2. The maximum Gasteiger partial charge on any atom is 0.258 e. The maximum atomic E-state index is 13.7. The molecule has 0 spiro atoms. The molecule has 32 heavy (non-hydrogen) atoms. The fourth-order valence-corrected chi connectivity index (χ4v) is 2.97. The van der Waals surface area contributed by atoms with Gasteiger partial charge in [-0.25, -0.2) is 9.38 Å². The summed E-state index contributed by atoms with van der Waals surface area (Å²) in [7, 11) is 0. The van der Waals surface area contributed by atoms with Crippen LogP contribution in [-0.4, -0.2) is 37.6 Å². The third-order valence-electron chi connectivity index (χ3n) is 4.94. The van der Waals surface area contributed by atoms with Gasteiger partial charge >= 0.3 is 0 Å². The van der Waals surface area contributed by atoms with E-state index in [1.807, 2.05) is 37.3 Å². The van der Waals surface area contributed by atoms with Crippen LogP contribution in [0.5, 0.6) is 5.75 Å². The fraction of sp³-hybridized carbons (Fsp3) is 0.417. The van der Waals surface area contributed by atoms with Gasteiger partial charge in [0.05, 0.1) is 6.54 Å². The van der Waals surface area contributed by atoms with Crippen molar-refractivity contribution in [2.45, 2.75) is 45.7 Å². The zero-order valence-electron chi connectivity index (χ0n) is 18.6. The van der Waals surface area contributed by atoms with Crippen molar-refractivity contribution in [2.75, 3.05) is 19.7 Å². The van der Waals surface area contributed by atoms with E-state index in [0.717, 1.165) is 36.9 Å². The summed E-state index contributed by atoms with van der Waals surface area (Å²) in [6.45, 7) is 5.66. The average molecular weight is 554 g/mol. The van der Waals surface area contributed by atoms with Crippen molar-refractivity contribution in [3.05, 3.63) is 65.0 Å². The Morgan fingerprint density at radius 2 is 1.84 bits per heavy atom. The predicted octanol–water partition coefficient (Wildman–Crippen LogP) is 3.71. The van der Waals surface area contributed by atoms with Gasteiger partial charge in [0.25, 0.3) is 5.91 Å². The van der Waals surface area contributed by atoms with Gasteiger partial charge in [0.1, 0.15) is 11.6 Å². The van der Waals surface area contributed by atoms with E-state index >= 15 is 0 Å². The second-order valence-electron chi connectivity index (χ2n) is 7.73. The minimum absolute atomic E-state index is 0. The Hall–Kier alpha value is -2.36. The van der Waals surface area contributed by atoms with Crippen LogP contribution in [0.3, 0.4) is 0 Å². The summed E-state index contributed by atoms with van der Waals surface area (Å²) in [4.78, 5) is 16.2. The molecular weight excluding hydrogens is 522 g/mol. The Balaban J connectivity index is 0.00000363. The minimum Gasteiger partial charge on any atom is -0.484 e. The maximum absolute atomic E-state index is 13.7. The van der Waals surface area contributed by atoms with Crippen LogP contribution in [0.2, 0.25) is 0 Å². The lowest BCUT2D eigenvalue weighted by molar-refractivity contribution is -0.123. The highest BCUT2D eigenvalue weighted by Crippen LogP contribution is 2.18. The molecule has 0 unspecified atom stereocenters. The highest BCUT2D eigenvalue weighted by molar-refractivity contribution is 14.0. The number of amides is 1. The van der Waals surface area contributed by atoms with Crippen LogP contribution in [0.15, 0.2) is 47.5 Å². The van der Waals surface area contributed by atoms with Crippen LogP contribution >= 0.6 is 24.0 Å². The van der Waals surface area contributed by atoms with E-state index in [0.29, 0.717) is 36.4 Å². The molecule has 0 heterocycles. The van der Waals surface area contributed by atoms with Crippen molar-refractivity contribution in [2.24, 2.45) is 4.99 Å². The molecule has 6 nitrogen and oxygen atoms in total. The van der Waals surface area contributed by atoms with Crippen molar-refractivity contribution in [3.8, 4) is 5.75 Å². The summed E-state index contributed by atoms with van der Waals surface area (Å²) < 4.78 is 19.2. The first-order chi connectivity index (χ1) is 15.0. The number of hydrogen-bond acceptors (Lipinski definition) is 3. The summed E-state index contributed by atoms with van der Waals surface area (Å²) in [5, 5.41) is 9.41.